The molecular weight excluding hydrogens is 812 g/mol. The summed E-state index contributed by atoms with van der Waals surface area (Å²) in [5.41, 5.74) is -1.31. The van der Waals surface area contributed by atoms with Crippen LogP contribution >= 0.6 is 0 Å². The average Bonchev–Trinajstić information content (AvgIpc) is 3.97. The molecule has 10 unspecified atom stereocenters. The number of nitro groups is 2. The molecule has 0 aliphatic carbocycles. The standard InChI is InChI=1S/C44H54N2O16/c1-8-36(61-43(50)58-34-19-15-32(16-20-34)46(54)55)29(5)41-37(60-41)24-26(2)10-9-11-27(3)40-28(4)12-21-38(56-30(6)47)44(7,51)23-22-35(25-39(48)62-40)59-42(49)57-33-17-13-31(14-18-33)45(52)53/h9-21,26,28-29,35-38,40-41,51H,8,22-25H2,1-7H3/b10-9+,21-12+,27-11+. The molecule has 2 aliphatic heterocycles. The Morgan fingerprint density at radius 2 is 1.52 bits per heavy atom. The number of nitro benzene ring substituents is 2. The number of esters is 2. The summed E-state index contributed by atoms with van der Waals surface area (Å²) in [6.07, 6.45) is 3.68. The van der Waals surface area contributed by atoms with Crippen LogP contribution in [0.2, 0.25) is 0 Å². The molecule has 10 atom stereocenters. The van der Waals surface area contributed by atoms with E-state index in [0.29, 0.717) is 18.4 Å². The minimum absolute atomic E-state index is 0.0297. The first kappa shape index (κ1) is 48.5. The van der Waals surface area contributed by atoms with Crippen molar-refractivity contribution in [3.05, 3.63) is 105 Å². The Balaban J connectivity index is 1.39. The highest BCUT2D eigenvalue weighted by molar-refractivity contribution is 5.72. The number of hydrogen-bond acceptors (Lipinski definition) is 16. The van der Waals surface area contributed by atoms with E-state index in [4.69, 9.17) is 33.2 Å². The third kappa shape index (κ3) is 14.8. The van der Waals surface area contributed by atoms with Gasteiger partial charge in [-0.25, -0.2) is 9.59 Å². The van der Waals surface area contributed by atoms with E-state index in [9.17, 15) is 44.5 Å². The van der Waals surface area contributed by atoms with Gasteiger partial charge in [0, 0.05) is 43.0 Å². The molecule has 1 saturated heterocycles. The third-order valence-corrected chi connectivity index (χ3v) is 10.6. The van der Waals surface area contributed by atoms with Crippen LogP contribution in [0.5, 0.6) is 11.5 Å². The molecule has 1 fully saturated rings. The summed E-state index contributed by atoms with van der Waals surface area (Å²) in [7, 11) is 0. The number of allylic oxidation sites excluding steroid dienone is 3. The maximum Gasteiger partial charge on any atom is 0.514 e. The van der Waals surface area contributed by atoms with Crippen molar-refractivity contribution in [3.8, 4) is 11.5 Å². The molecule has 18 nitrogen and oxygen atoms in total. The minimum Gasteiger partial charge on any atom is -0.457 e. The highest BCUT2D eigenvalue weighted by atomic mass is 16.7. The molecule has 62 heavy (non-hydrogen) atoms. The predicted octanol–water partition coefficient (Wildman–Crippen LogP) is 8.28. The summed E-state index contributed by atoms with van der Waals surface area (Å²) >= 11 is 0. The molecule has 0 bridgehead atoms. The smallest absolute Gasteiger partial charge is 0.457 e. The van der Waals surface area contributed by atoms with Gasteiger partial charge in [0.15, 0.2) is 0 Å². The van der Waals surface area contributed by atoms with Crippen molar-refractivity contribution < 1.29 is 67.3 Å². The van der Waals surface area contributed by atoms with Crippen LogP contribution in [-0.2, 0) is 33.3 Å². The number of nitrogens with zero attached hydrogens (tertiary/aromatic N) is 2. The van der Waals surface area contributed by atoms with E-state index in [-0.39, 0.29) is 59.8 Å². The Kier molecular flexibility index (Phi) is 17.3. The molecule has 0 saturated carbocycles. The van der Waals surface area contributed by atoms with Gasteiger partial charge in [-0.3, -0.25) is 29.8 Å². The second kappa shape index (κ2) is 22.1. The van der Waals surface area contributed by atoms with E-state index in [1.807, 2.05) is 39.0 Å². The van der Waals surface area contributed by atoms with Gasteiger partial charge in [0.05, 0.1) is 28.5 Å². The van der Waals surface area contributed by atoms with E-state index in [1.54, 1.807) is 26.0 Å². The molecule has 18 heteroatoms. The quantitative estimate of drug-likeness (QED) is 0.0259. The average molecular weight is 867 g/mol. The first-order valence-corrected chi connectivity index (χ1v) is 20.3. The van der Waals surface area contributed by atoms with Crippen LogP contribution < -0.4 is 9.47 Å². The third-order valence-electron chi connectivity index (χ3n) is 10.6. The number of epoxide rings is 1. The SMILES string of the molecule is CCC(OC(=O)Oc1ccc([N+](=O)[O-])cc1)C(C)C1OC1CC(C)/C=C/C=C(\C)C1OC(=O)CC(OC(=O)Oc2ccc([N+](=O)[O-])cc2)CCC(C)(O)C(OC(C)=O)/C=C/C1C. The summed E-state index contributed by atoms with van der Waals surface area (Å²) < 4.78 is 38.9. The van der Waals surface area contributed by atoms with Gasteiger partial charge < -0.3 is 38.3 Å². The highest BCUT2D eigenvalue weighted by Gasteiger charge is 2.46. The normalized spacial score (nSPS) is 26.3. The molecule has 2 aliphatic rings. The molecule has 336 valence electrons. The van der Waals surface area contributed by atoms with Gasteiger partial charge in [-0.1, -0.05) is 52.0 Å². The zero-order valence-electron chi connectivity index (χ0n) is 35.7. The first-order chi connectivity index (χ1) is 29.3. The number of rotatable bonds is 15. The molecular formula is C44H54N2O16. The number of ether oxygens (including phenoxy) is 7. The Labute approximate surface area is 359 Å². The Morgan fingerprint density at radius 3 is 2.06 bits per heavy atom. The highest BCUT2D eigenvalue weighted by Crippen LogP contribution is 2.38. The Hall–Kier alpha value is -6.14. The summed E-state index contributed by atoms with van der Waals surface area (Å²) in [5.74, 6) is -1.79. The number of non-ortho nitro benzene ring substituents is 2. The zero-order valence-corrected chi connectivity index (χ0v) is 35.7. The van der Waals surface area contributed by atoms with E-state index in [2.05, 4.69) is 0 Å². The fourth-order valence-electron chi connectivity index (χ4n) is 7.01. The molecule has 2 heterocycles. The van der Waals surface area contributed by atoms with Crippen molar-refractivity contribution >= 4 is 35.6 Å². The summed E-state index contributed by atoms with van der Waals surface area (Å²) in [4.78, 5) is 71.5. The van der Waals surface area contributed by atoms with Gasteiger partial charge in [0.2, 0.25) is 0 Å². The molecule has 4 rings (SSSR count). The molecule has 2 aromatic carbocycles. The summed E-state index contributed by atoms with van der Waals surface area (Å²) in [5, 5.41) is 33.3. The molecule has 1 N–H and O–H groups in total. The van der Waals surface area contributed by atoms with Crippen LogP contribution in [-0.4, -0.2) is 81.4 Å². The van der Waals surface area contributed by atoms with E-state index in [1.165, 1.54) is 50.2 Å². The van der Waals surface area contributed by atoms with Crippen LogP contribution in [0.1, 0.15) is 80.6 Å². The number of carbonyl (C=O) groups excluding carboxylic acids is 4. The van der Waals surface area contributed by atoms with Crippen LogP contribution in [0.4, 0.5) is 21.0 Å². The number of aliphatic hydroxyl groups is 1. The summed E-state index contributed by atoms with van der Waals surface area (Å²) in [6.45, 7) is 12.1. The first-order valence-electron chi connectivity index (χ1n) is 20.3. The van der Waals surface area contributed by atoms with Gasteiger partial charge in [0.1, 0.15) is 41.5 Å². The van der Waals surface area contributed by atoms with Crippen molar-refractivity contribution in [2.75, 3.05) is 0 Å². The second-order valence-corrected chi connectivity index (χ2v) is 15.8. The number of cyclic esters (lactones) is 1. The largest absolute Gasteiger partial charge is 0.514 e. The van der Waals surface area contributed by atoms with Gasteiger partial charge in [0.25, 0.3) is 11.4 Å². The Bertz CT molecular complexity index is 1990. The van der Waals surface area contributed by atoms with Crippen LogP contribution in [0.3, 0.4) is 0 Å². The topological polar surface area (TPSA) is 243 Å². The van der Waals surface area contributed by atoms with E-state index >= 15 is 0 Å². The van der Waals surface area contributed by atoms with Gasteiger partial charge in [-0.15, -0.1) is 0 Å². The van der Waals surface area contributed by atoms with Crippen molar-refractivity contribution in [2.24, 2.45) is 17.8 Å². The van der Waals surface area contributed by atoms with Crippen molar-refractivity contribution in [1.82, 2.24) is 0 Å². The number of benzene rings is 2. The lowest BCUT2D eigenvalue weighted by atomic mass is 9.88. The van der Waals surface area contributed by atoms with Crippen LogP contribution in [0.25, 0.3) is 0 Å². The monoisotopic (exact) mass is 866 g/mol. The lowest BCUT2D eigenvalue weighted by Gasteiger charge is -2.33. The summed E-state index contributed by atoms with van der Waals surface area (Å²) in [6, 6.07) is 9.84. The fraction of sp³-hybridized carbons (Fsp3) is 0.500. The predicted molar refractivity (Wildman–Crippen MR) is 221 cm³/mol. The maximum absolute atomic E-state index is 13.4. The van der Waals surface area contributed by atoms with E-state index in [0.717, 1.165) is 12.1 Å². The molecule has 0 spiro atoms. The van der Waals surface area contributed by atoms with E-state index < -0.39 is 76.5 Å². The Morgan fingerprint density at radius 1 is 0.935 bits per heavy atom. The molecule has 0 aromatic heterocycles. The van der Waals surface area contributed by atoms with Crippen molar-refractivity contribution in [1.29, 1.82) is 0 Å². The number of hydrogen-bond donors (Lipinski definition) is 1. The van der Waals surface area contributed by atoms with Crippen molar-refractivity contribution in [3.63, 3.8) is 0 Å². The van der Waals surface area contributed by atoms with Crippen LogP contribution in [0, 0.1) is 38.0 Å². The lowest BCUT2D eigenvalue weighted by molar-refractivity contribution is -0.385. The molecule has 0 amide bonds. The van der Waals surface area contributed by atoms with Gasteiger partial charge >= 0.3 is 24.2 Å². The van der Waals surface area contributed by atoms with Crippen molar-refractivity contribution in [2.45, 2.75) is 123 Å². The maximum atomic E-state index is 13.4. The second-order valence-electron chi connectivity index (χ2n) is 15.8. The van der Waals surface area contributed by atoms with Gasteiger partial charge in [-0.05, 0) is 81.4 Å². The number of carbonyl (C=O) groups is 4. The molecule has 2 aromatic rings. The zero-order chi connectivity index (χ0) is 45.7. The molecule has 0 radical (unpaired) electrons. The van der Waals surface area contributed by atoms with Gasteiger partial charge in [-0.2, -0.15) is 0 Å². The van der Waals surface area contributed by atoms with Crippen LogP contribution in [0.15, 0.2) is 84.5 Å². The lowest BCUT2D eigenvalue weighted by Crippen LogP contribution is -2.42. The minimum atomic E-state index is -1.64. The fourth-order valence-corrected chi connectivity index (χ4v) is 7.01.